The number of alkyl halides is 1. The molecule has 82 valence electrons. The van der Waals surface area contributed by atoms with Crippen molar-refractivity contribution in [3.8, 4) is 11.8 Å². The van der Waals surface area contributed by atoms with Crippen LogP contribution in [0.2, 0.25) is 0 Å². The zero-order valence-corrected chi connectivity index (χ0v) is 9.39. The molecule has 0 radical (unpaired) electrons. The monoisotopic (exact) mass is 284 g/mol. The van der Waals surface area contributed by atoms with Crippen molar-refractivity contribution in [3.05, 3.63) is 33.4 Å². The van der Waals surface area contributed by atoms with E-state index in [0.717, 1.165) is 12.1 Å². The minimum atomic E-state index is -0.744. The largest absolute Gasteiger partial charge is 0.506 e. The van der Waals surface area contributed by atoms with E-state index in [1.807, 2.05) is 0 Å². The van der Waals surface area contributed by atoms with E-state index in [1.165, 1.54) is 0 Å². The van der Waals surface area contributed by atoms with Gasteiger partial charge in [-0.3, -0.25) is 14.9 Å². The third kappa shape index (κ3) is 2.17. The van der Waals surface area contributed by atoms with E-state index in [0.29, 0.717) is 0 Å². The number of phenolic OH excluding ortho intramolecular Hbond substituents is 1. The van der Waals surface area contributed by atoms with E-state index in [9.17, 15) is 20.0 Å². The summed E-state index contributed by atoms with van der Waals surface area (Å²) in [7, 11) is 0. The lowest BCUT2D eigenvalue weighted by molar-refractivity contribution is -0.385. The van der Waals surface area contributed by atoms with Crippen LogP contribution >= 0.6 is 15.9 Å². The van der Waals surface area contributed by atoms with Crippen molar-refractivity contribution >= 4 is 27.4 Å². The van der Waals surface area contributed by atoms with Crippen LogP contribution in [-0.2, 0) is 0 Å². The highest BCUT2D eigenvalue weighted by Crippen LogP contribution is 2.27. The number of nitro groups is 1. The van der Waals surface area contributed by atoms with E-state index >= 15 is 0 Å². The standard InChI is InChI=1S/C9H5BrN2O4/c10-3-9(14)6-1-5(12(15)16)2-8(13)7(6)4-11/h1-2,13H,3H2. The molecule has 0 fully saturated rings. The maximum Gasteiger partial charge on any atom is 0.273 e. The Kier molecular flexibility index (Phi) is 3.58. The Balaban J connectivity index is 3.50. The van der Waals surface area contributed by atoms with Crippen molar-refractivity contribution < 1.29 is 14.8 Å². The highest BCUT2D eigenvalue weighted by molar-refractivity contribution is 9.09. The summed E-state index contributed by atoms with van der Waals surface area (Å²) in [4.78, 5) is 21.1. The number of nitrogens with zero attached hydrogens (tertiary/aromatic N) is 2. The molecule has 0 aliphatic rings. The number of carbonyl (C=O) groups is 1. The average molecular weight is 285 g/mol. The maximum absolute atomic E-state index is 11.4. The predicted molar refractivity (Wildman–Crippen MR) is 57.6 cm³/mol. The van der Waals surface area contributed by atoms with Crippen LogP contribution in [0.25, 0.3) is 0 Å². The number of hydrogen-bond donors (Lipinski definition) is 1. The second-order valence-corrected chi connectivity index (χ2v) is 3.37. The summed E-state index contributed by atoms with van der Waals surface area (Å²) in [6.45, 7) is 0. The summed E-state index contributed by atoms with van der Waals surface area (Å²) < 4.78 is 0. The molecule has 0 unspecified atom stereocenters. The molecule has 6 nitrogen and oxygen atoms in total. The molecule has 0 bridgehead atoms. The number of nitro benzene ring substituents is 1. The first-order chi connectivity index (χ1) is 7.51. The van der Waals surface area contributed by atoms with Gasteiger partial charge in [0.2, 0.25) is 0 Å². The zero-order chi connectivity index (χ0) is 12.3. The number of nitriles is 1. The van der Waals surface area contributed by atoms with Crippen molar-refractivity contribution in [3.63, 3.8) is 0 Å². The molecule has 0 spiro atoms. The van der Waals surface area contributed by atoms with Crippen LogP contribution in [0.5, 0.6) is 5.75 Å². The van der Waals surface area contributed by atoms with Crippen molar-refractivity contribution in [1.82, 2.24) is 0 Å². The summed E-state index contributed by atoms with van der Waals surface area (Å²) in [5.74, 6) is -1.07. The Labute approximate surface area is 98.4 Å². The first kappa shape index (κ1) is 12.1. The van der Waals surface area contributed by atoms with Crippen LogP contribution < -0.4 is 0 Å². The van der Waals surface area contributed by atoms with Crippen LogP contribution in [0, 0.1) is 21.4 Å². The molecule has 0 aromatic heterocycles. The van der Waals surface area contributed by atoms with Crippen molar-refractivity contribution in [2.75, 3.05) is 5.33 Å². The molecule has 1 aromatic carbocycles. The van der Waals surface area contributed by atoms with Crippen molar-refractivity contribution in [2.45, 2.75) is 0 Å². The number of carbonyl (C=O) groups excluding carboxylic acids is 1. The Morgan fingerprint density at radius 3 is 2.69 bits per heavy atom. The molecule has 1 rings (SSSR count). The predicted octanol–water partition coefficient (Wildman–Crippen LogP) is 1.75. The minimum absolute atomic E-state index is 0.0811. The fourth-order valence-electron chi connectivity index (χ4n) is 1.13. The SMILES string of the molecule is N#Cc1c(O)cc([N+](=O)[O-])cc1C(=O)CBr. The number of non-ortho nitro benzene ring substituents is 1. The molecule has 0 aliphatic carbocycles. The van der Waals surface area contributed by atoms with Gasteiger partial charge in [0.25, 0.3) is 5.69 Å². The van der Waals surface area contributed by atoms with Gasteiger partial charge >= 0.3 is 0 Å². The Morgan fingerprint density at radius 2 is 2.25 bits per heavy atom. The van der Waals surface area contributed by atoms with Crippen LogP contribution in [0.15, 0.2) is 12.1 Å². The number of halogens is 1. The molecule has 0 aliphatic heterocycles. The first-order valence-electron chi connectivity index (χ1n) is 4.02. The van der Waals surface area contributed by atoms with Gasteiger partial charge in [-0.2, -0.15) is 5.26 Å². The second kappa shape index (κ2) is 4.72. The van der Waals surface area contributed by atoms with Gasteiger partial charge in [-0.1, -0.05) is 15.9 Å². The summed E-state index contributed by atoms with van der Waals surface area (Å²) in [5, 5.41) is 28.5. The lowest BCUT2D eigenvalue weighted by Crippen LogP contribution is -2.04. The van der Waals surface area contributed by atoms with E-state index in [2.05, 4.69) is 15.9 Å². The fraction of sp³-hybridized carbons (Fsp3) is 0.111. The van der Waals surface area contributed by atoms with Crippen LogP contribution in [0.3, 0.4) is 0 Å². The topological polar surface area (TPSA) is 104 Å². The Morgan fingerprint density at radius 1 is 1.62 bits per heavy atom. The molecule has 0 saturated heterocycles. The van der Waals surface area contributed by atoms with Gasteiger partial charge in [0.15, 0.2) is 5.78 Å². The number of aromatic hydroxyl groups is 1. The van der Waals surface area contributed by atoms with Gasteiger partial charge in [-0.15, -0.1) is 0 Å². The van der Waals surface area contributed by atoms with Crippen LogP contribution in [-0.4, -0.2) is 21.1 Å². The highest BCUT2D eigenvalue weighted by atomic mass is 79.9. The molecule has 0 amide bonds. The summed E-state index contributed by atoms with van der Waals surface area (Å²) in [5.41, 5.74) is -0.845. The molecule has 0 saturated carbocycles. The molecular formula is C9H5BrN2O4. The number of phenols is 1. The highest BCUT2D eigenvalue weighted by Gasteiger charge is 2.20. The van der Waals surface area contributed by atoms with E-state index in [4.69, 9.17) is 5.26 Å². The molecular weight excluding hydrogens is 280 g/mol. The molecule has 16 heavy (non-hydrogen) atoms. The molecule has 1 aromatic rings. The number of ketones is 1. The van der Waals surface area contributed by atoms with E-state index in [-0.39, 0.29) is 16.5 Å². The van der Waals surface area contributed by atoms with Crippen LogP contribution in [0.1, 0.15) is 15.9 Å². The van der Waals surface area contributed by atoms with Gasteiger partial charge in [-0.25, -0.2) is 0 Å². The summed E-state index contributed by atoms with van der Waals surface area (Å²) in [6, 6.07) is 3.44. The van der Waals surface area contributed by atoms with Gasteiger partial charge in [0.05, 0.1) is 16.3 Å². The third-order valence-corrected chi connectivity index (χ3v) is 2.36. The average Bonchev–Trinajstić information content (AvgIpc) is 2.26. The molecule has 0 atom stereocenters. The van der Waals surface area contributed by atoms with E-state index in [1.54, 1.807) is 6.07 Å². The maximum atomic E-state index is 11.4. The number of benzene rings is 1. The smallest absolute Gasteiger partial charge is 0.273 e. The Bertz CT molecular complexity index is 507. The van der Waals surface area contributed by atoms with Crippen molar-refractivity contribution in [2.24, 2.45) is 0 Å². The lowest BCUT2D eigenvalue weighted by Gasteiger charge is -2.03. The summed E-state index contributed by atoms with van der Waals surface area (Å²) >= 11 is 2.89. The van der Waals surface area contributed by atoms with Gasteiger partial charge < -0.3 is 5.11 Å². The lowest BCUT2D eigenvalue weighted by atomic mass is 10.0. The molecule has 0 heterocycles. The summed E-state index contributed by atoms with van der Waals surface area (Å²) in [6.07, 6.45) is 0. The van der Waals surface area contributed by atoms with Crippen molar-refractivity contribution in [1.29, 1.82) is 5.26 Å². The van der Waals surface area contributed by atoms with Gasteiger partial charge in [0, 0.05) is 11.6 Å². The zero-order valence-electron chi connectivity index (χ0n) is 7.81. The normalized spacial score (nSPS) is 9.50. The third-order valence-electron chi connectivity index (χ3n) is 1.85. The second-order valence-electron chi connectivity index (χ2n) is 2.81. The van der Waals surface area contributed by atoms with Gasteiger partial charge in [0.1, 0.15) is 17.4 Å². The Hall–Kier alpha value is -1.94. The van der Waals surface area contributed by atoms with E-state index < -0.39 is 22.1 Å². The quantitative estimate of drug-likeness (QED) is 0.394. The molecule has 1 N–H and O–H groups in total. The van der Waals surface area contributed by atoms with Crippen LogP contribution in [0.4, 0.5) is 5.69 Å². The minimum Gasteiger partial charge on any atom is -0.506 e. The number of Topliss-reactive ketones (excluding diaryl/α,β-unsaturated/α-hetero) is 1. The number of rotatable bonds is 3. The number of hydrogen-bond acceptors (Lipinski definition) is 5. The fourth-order valence-corrected chi connectivity index (χ4v) is 1.43. The first-order valence-corrected chi connectivity index (χ1v) is 5.14. The molecule has 7 heteroatoms. The van der Waals surface area contributed by atoms with Gasteiger partial charge in [-0.05, 0) is 0 Å².